The molecule has 6 heteroatoms. The number of rotatable bonds is 2. The van der Waals surface area contributed by atoms with Crippen LogP contribution in [0.4, 0.5) is 5.69 Å². The molecule has 0 N–H and O–H groups in total. The van der Waals surface area contributed by atoms with Gasteiger partial charge in [-0.3, -0.25) is 14.5 Å². The minimum Gasteiger partial charge on any atom is -0.281 e. The van der Waals surface area contributed by atoms with Crippen LogP contribution in [0.25, 0.3) is 5.65 Å². The molecule has 0 saturated heterocycles. The van der Waals surface area contributed by atoms with Crippen molar-refractivity contribution in [3.8, 4) is 0 Å². The predicted octanol–water partition coefficient (Wildman–Crippen LogP) is 1.20. The molecule has 0 atom stereocenters. The number of nitro groups is 1. The third-order valence-corrected chi connectivity index (χ3v) is 2.00. The molecule has 2 heterocycles. The zero-order valence-electron chi connectivity index (χ0n) is 7.54. The van der Waals surface area contributed by atoms with Gasteiger partial charge in [-0.1, -0.05) is 6.92 Å². The number of nitrogens with zero attached hydrogens (tertiary/aromatic N) is 4. The molecule has 0 aromatic carbocycles. The maximum Gasteiger partial charge on any atom is 0.314 e. The lowest BCUT2D eigenvalue weighted by Crippen LogP contribution is -1.95. The molecule has 0 fully saturated rings. The molecule has 0 bridgehead atoms. The first-order valence-corrected chi connectivity index (χ1v) is 4.21. The van der Waals surface area contributed by atoms with Gasteiger partial charge < -0.3 is 0 Å². The van der Waals surface area contributed by atoms with Crippen LogP contribution in [0.15, 0.2) is 18.3 Å². The third-order valence-electron chi connectivity index (χ3n) is 2.00. The minimum atomic E-state index is -0.455. The monoisotopic (exact) mass is 192 g/mol. The lowest BCUT2D eigenvalue weighted by atomic mass is 10.4. The maximum atomic E-state index is 10.6. The van der Waals surface area contributed by atoms with Crippen LogP contribution in [0, 0.1) is 10.1 Å². The van der Waals surface area contributed by atoms with E-state index < -0.39 is 4.92 Å². The quantitative estimate of drug-likeness (QED) is 0.529. The summed E-state index contributed by atoms with van der Waals surface area (Å²) in [5.74, 6) is 0.726. The standard InChI is InChI=1S/C8H8N4O2/c1-2-7-9-10-8-6(12(13)14)4-3-5-11(7)8/h3-5H,2H2,1H3. The molecule has 0 spiro atoms. The van der Waals surface area contributed by atoms with Gasteiger partial charge in [-0.15, -0.1) is 10.2 Å². The summed E-state index contributed by atoms with van der Waals surface area (Å²) < 4.78 is 1.64. The molecular weight excluding hydrogens is 184 g/mol. The molecule has 0 unspecified atom stereocenters. The maximum absolute atomic E-state index is 10.6. The Bertz CT molecular complexity index is 491. The summed E-state index contributed by atoms with van der Waals surface area (Å²) in [4.78, 5) is 10.2. The molecular formula is C8H8N4O2. The average Bonchev–Trinajstić information content (AvgIpc) is 2.59. The second kappa shape index (κ2) is 3.06. The van der Waals surface area contributed by atoms with Crippen LogP contribution in [0.3, 0.4) is 0 Å². The van der Waals surface area contributed by atoms with Crippen LogP contribution in [0.5, 0.6) is 0 Å². The SMILES string of the molecule is CCc1nnc2c([N+](=O)[O-])cccn12. The van der Waals surface area contributed by atoms with E-state index >= 15 is 0 Å². The van der Waals surface area contributed by atoms with Crippen LogP contribution in [0.1, 0.15) is 12.7 Å². The largest absolute Gasteiger partial charge is 0.314 e. The highest BCUT2D eigenvalue weighted by Crippen LogP contribution is 2.17. The van der Waals surface area contributed by atoms with E-state index in [1.807, 2.05) is 6.92 Å². The fraction of sp³-hybridized carbons (Fsp3) is 0.250. The number of aromatic nitrogens is 3. The average molecular weight is 192 g/mol. The summed E-state index contributed by atoms with van der Waals surface area (Å²) in [6.07, 6.45) is 2.42. The Balaban J connectivity index is 2.76. The fourth-order valence-electron chi connectivity index (χ4n) is 1.33. The van der Waals surface area contributed by atoms with E-state index in [0.717, 1.165) is 5.82 Å². The number of fused-ring (bicyclic) bond motifs is 1. The van der Waals surface area contributed by atoms with Crippen LogP contribution in [-0.2, 0) is 6.42 Å². The van der Waals surface area contributed by atoms with E-state index in [-0.39, 0.29) is 5.69 Å². The number of pyridine rings is 1. The second-order valence-corrected chi connectivity index (χ2v) is 2.81. The summed E-state index contributed by atoms with van der Waals surface area (Å²) >= 11 is 0. The van der Waals surface area contributed by atoms with Crippen molar-refractivity contribution >= 4 is 11.3 Å². The second-order valence-electron chi connectivity index (χ2n) is 2.81. The van der Waals surface area contributed by atoms with Crippen LogP contribution in [-0.4, -0.2) is 19.5 Å². The van der Waals surface area contributed by atoms with E-state index in [2.05, 4.69) is 10.2 Å². The van der Waals surface area contributed by atoms with Gasteiger partial charge in [0.15, 0.2) is 0 Å². The minimum absolute atomic E-state index is 0.0142. The summed E-state index contributed by atoms with van der Waals surface area (Å²) in [7, 11) is 0. The van der Waals surface area contributed by atoms with Gasteiger partial charge in [-0.05, 0) is 6.07 Å². The predicted molar refractivity (Wildman–Crippen MR) is 49.0 cm³/mol. The van der Waals surface area contributed by atoms with Gasteiger partial charge in [0, 0.05) is 18.7 Å². The van der Waals surface area contributed by atoms with E-state index in [9.17, 15) is 10.1 Å². The Hall–Kier alpha value is -1.98. The van der Waals surface area contributed by atoms with Crippen molar-refractivity contribution < 1.29 is 4.92 Å². The van der Waals surface area contributed by atoms with Gasteiger partial charge in [0.25, 0.3) is 0 Å². The van der Waals surface area contributed by atoms with Crippen molar-refractivity contribution in [1.29, 1.82) is 0 Å². The van der Waals surface area contributed by atoms with Crippen LogP contribution in [0.2, 0.25) is 0 Å². The van der Waals surface area contributed by atoms with Crippen molar-refractivity contribution in [2.75, 3.05) is 0 Å². The molecule has 0 radical (unpaired) electrons. The summed E-state index contributed by atoms with van der Waals surface area (Å²) in [6, 6.07) is 3.04. The lowest BCUT2D eigenvalue weighted by molar-refractivity contribution is -0.383. The zero-order valence-corrected chi connectivity index (χ0v) is 7.54. The van der Waals surface area contributed by atoms with E-state index in [4.69, 9.17) is 0 Å². The molecule has 2 rings (SSSR count). The Labute approximate surface area is 79.3 Å². The highest BCUT2D eigenvalue weighted by atomic mass is 16.6. The van der Waals surface area contributed by atoms with Crippen molar-refractivity contribution in [1.82, 2.24) is 14.6 Å². The van der Waals surface area contributed by atoms with Gasteiger partial charge in [-0.2, -0.15) is 0 Å². The van der Waals surface area contributed by atoms with Crippen molar-refractivity contribution in [3.05, 3.63) is 34.3 Å². The van der Waals surface area contributed by atoms with Gasteiger partial charge in [0.1, 0.15) is 5.82 Å². The Morgan fingerprint density at radius 3 is 3.00 bits per heavy atom. The molecule has 0 aliphatic carbocycles. The summed E-state index contributed by atoms with van der Waals surface area (Å²) in [5, 5.41) is 18.3. The summed E-state index contributed by atoms with van der Waals surface area (Å²) in [6.45, 7) is 1.93. The van der Waals surface area contributed by atoms with E-state index in [1.165, 1.54) is 6.07 Å². The smallest absolute Gasteiger partial charge is 0.281 e. The molecule has 0 aliphatic heterocycles. The fourth-order valence-corrected chi connectivity index (χ4v) is 1.33. The molecule has 0 aliphatic rings. The molecule has 6 nitrogen and oxygen atoms in total. The Morgan fingerprint density at radius 1 is 1.57 bits per heavy atom. The molecule has 2 aromatic rings. The Morgan fingerprint density at radius 2 is 2.36 bits per heavy atom. The van der Waals surface area contributed by atoms with Gasteiger partial charge in [-0.25, -0.2) is 0 Å². The summed E-state index contributed by atoms with van der Waals surface area (Å²) in [5.41, 5.74) is 0.286. The molecule has 2 aromatic heterocycles. The normalized spacial score (nSPS) is 10.6. The van der Waals surface area contributed by atoms with Crippen molar-refractivity contribution in [2.45, 2.75) is 13.3 Å². The van der Waals surface area contributed by atoms with Crippen LogP contribution < -0.4 is 0 Å². The van der Waals surface area contributed by atoms with Gasteiger partial charge >= 0.3 is 5.69 Å². The highest BCUT2D eigenvalue weighted by Gasteiger charge is 2.15. The number of aryl methyl sites for hydroxylation is 1. The first-order chi connectivity index (χ1) is 6.74. The molecule has 72 valence electrons. The van der Waals surface area contributed by atoms with Crippen molar-refractivity contribution in [2.24, 2.45) is 0 Å². The lowest BCUT2D eigenvalue weighted by Gasteiger charge is -1.95. The number of hydrogen-bond donors (Lipinski definition) is 0. The van der Waals surface area contributed by atoms with Gasteiger partial charge in [0.2, 0.25) is 5.65 Å². The topological polar surface area (TPSA) is 73.3 Å². The highest BCUT2D eigenvalue weighted by molar-refractivity contribution is 5.58. The third kappa shape index (κ3) is 1.12. The molecule has 0 amide bonds. The van der Waals surface area contributed by atoms with Crippen molar-refractivity contribution in [3.63, 3.8) is 0 Å². The van der Waals surface area contributed by atoms with E-state index in [1.54, 1.807) is 16.7 Å². The van der Waals surface area contributed by atoms with Gasteiger partial charge in [0.05, 0.1) is 4.92 Å². The first-order valence-electron chi connectivity index (χ1n) is 4.21. The molecule has 14 heavy (non-hydrogen) atoms. The molecule has 0 saturated carbocycles. The number of hydrogen-bond acceptors (Lipinski definition) is 4. The van der Waals surface area contributed by atoms with E-state index in [0.29, 0.717) is 12.1 Å². The first kappa shape index (κ1) is 8.61. The zero-order chi connectivity index (χ0) is 10.1. The van der Waals surface area contributed by atoms with Crippen LogP contribution >= 0.6 is 0 Å². The Kier molecular flexibility index (Phi) is 1.88.